The summed E-state index contributed by atoms with van der Waals surface area (Å²) in [7, 11) is 6.30. The summed E-state index contributed by atoms with van der Waals surface area (Å²) in [4.78, 5) is 15.3. The fraction of sp³-hybridized carbons (Fsp3) is 0.375. The third-order valence-corrected chi connectivity index (χ3v) is 5.85. The molecule has 3 rings (SSSR count). The van der Waals surface area contributed by atoms with E-state index in [0.717, 1.165) is 18.8 Å². The maximum absolute atomic E-state index is 9.06. The fourth-order valence-electron chi connectivity index (χ4n) is 3.17. The number of carbonyl (C=O) groups excluding carboxylic acids is 1. The van der Waals surface area contributed by atoms with Crippen molar-refractivity contribution in [3.8, 4) is 0 Å². The van der Waals surface area contributed by atoms with Crippen LogP contribution >= 0.6 is 11.9 Å². The lowest BCUT2D eigenvalue weighted by molar-refractivity contribution is -0.104. The molecule has 1 aliphatic rings. The van der Waals surface area contributed by atoms with Gasteiger partial charge in [0.05, 0.1) is 0 Å². The van der Waals surface area contributed by atoms with Crippen molar-refractivity contribution in [2.24, 2.45) is 0 Å². The van der Waals surface area contributed by atoms with Gasteiger partial charge in [-0.25, -0.2) is 4.31 Å². The van der Waals surface area contributed by atoms with Crippen LogP contribution < -0.4 is 5.32 Å². The summed E-state index contributed by atoms with van der Waals surface area (Å²) >= 11 is 1.78. The van der Waals surface area contributed by atoms with Gasteiger partial charge in [0.15, 0.2) is 0 Å². The van der Waals surface area contributed by atoms with Crippen LogP contribution in [0.3, 0.4) is 0 Å². The summed E-state index contributed by atoms with van der Waals surface area (Å²) in [6, 6.07) is 17.7. The standard InChI is InChI=1S/C21H30N4S.C3H4O/c1-22-20-8-10-21(11-9-20)26-24(3)16-18-4-6-19(7-5-18)17-25-14-12-23(2)13-15-25;1-2-3-4/h4-11,22H,12-17H2,1-3H3;2-3H,1H2. The number of hydrogen-bond donors (Lipinski definition) is 1. The highest BCUT2D eigenvalue weighted by atomic mass is 32.2. The molecule has 0 radical (unpaired) electrons. The van der Waals surface area contributed by atoms with Gasteiger partial charge in [-0.3, -0.25) is 9.69 Å². The number of carbonyl (C=O) groups is 1. The van der Waals surface area contributed by atoms with E-state index in [1.165, 1.54) is 48.3 Å². The van der Waals surface area contributed by atoms with Gasteiger partial charge in [0, 0.05) is 56.9 Å². The second-order valence-corrected chi connectivity index (χ2v) is 8.70. The van der Waals surface area contributed by atoms with Crippen LogP contribution in [0.25, 0.3) is 0 Å². The topological polar surface area (TPSA) is 38.8 Å². The van der Waals surface area contributed by atoms with Crippen LogP contribution in [0.5, 0.6) is 0 Å². The minimum absolute atomic E-state index is 0.639. The molecule has 0 amide bonds. The molecule has 1 N–H and O–H groups in total. The molecular formula is C24H34N4OS. The minimum atomic E-state index is 0.639. The van der Waals surface area contributed by atoms with Gasteiger partial charge in [0.1, 0.15) is 6.29 Å². The van der Waals surface area contributed by atoms with E-state index in [1.54, 1.807) is 11.9 Å². The molecule has 1 fully saturated rings. The summed E-state index contributed by atoms with van der Waals surface area (Å²) in [6.45, 7) is 9.81. The van der Waals surface area contributed by atoms with Crippen molar-refractivity contribution in [3.05, 3.63) is 72.3 Å². The number of anilines is 1. The van der Waals surface area contributed by atoms with Gasteiger partial charge in [-0.15, -0.1) is 0 Å². The first-order valence-corrected chi connectivity index (χ1v) is 11.0. The Hall–Kier alpha value is -2.12. The summed E-state index contributed by atoms with van der Waals surface area (Å²) in [5.41, 5.74) is 3.91. The lowest BCUT2D eigenvalue weighted by Crippen LogP contribution is -2.43. The molecule has 6 heteroatoms. The smallest absolute Gasteiger partial charge is 0.142 e. The number of allylic oxidation sites excluding steroid dienone is 1. The number of piperazine rings is 1. The zero-order chi connectivity index (χ0) is 21.8. The molecule has 0 aromatic heterocycles. The van der Waals surface area contributed by atoms with Crippen molar-refractivity contribution >= 4 is 23.9 Å². The molecule has 0 saturated carbocycles. The molecule has 2 aromatic rings. The van der Waals surface area contributed by atoms with Crippen LogP contribution in [0.2, 0.25) is 0 Å². The number of nitrogens with zero attached hydrogens (tertiary/aromatic N) is 3. The number of aldehydes is 1. The minimum Gasteiger partial charge on any atom is -0.388 e. The normalized spacial score (nSPS) is 14.7. The van der Waals surface area contributed by atoms with Gasteiger partial charge in [-0.05, 0) is 67.5 Å². The van der Waals surface area contributed by atoms with E-state index in [1.807, 2.05) is 7.05 Å². The van der Waals surface area contributed by atoms with E-state index in [-0.39, 0.29) is 0 Å². The summed E-state index contributed by atoms with van der Waals surface area (Å²) in [5, 5.41) is 3.16. The van der Waals surface area contributed by atoms with E-state index in [0.29, 0.717) is 6.29 Å². The fourth-order valence-corrected chi connectivity index (χ4v) is 4.00. The second kappa shape index (κ2) is 13.2. The molecule has 0 atom stereocenters. The molecule has 0 spiro atoms. The maximum Gasteiger partial charge on any atom is 0.142 e. The van der Waals surface area contributed by atoms with E-state index >= 15 is 0 Å². The van der Waals surface area contributed by atoms with Crippen molar-refractivity contribution in [1.29, 1.82) is 0 Å². The Morgan fingerprint density at radius 3 is 2.13 bits per heavy atom. The third-order valence-electron chi connectivity index (χ3n) is 4.93. The number of hydrogen-bond acceptors (Lipinski definition) is 6. The molecule has 5 nitrogen and oxygen atoms in total. The Balaban J connectivity index is 0.000000735. The number of benzene rings is 2. The van der Waals surface area contributed by atoms with E-state index in [4.69, 9.17) is 4.79 Å². The van der Waals surface area contributed by atoms with Gasteiger partial charge in [-0.2, -0.15) is 0 Å². The zero-order valence-electron chi connectivity index (χ0n) is 18.4. The molecule has 162 valence electrons. The molecule has 2 aromatic carbocycles. The van der Waals surface area contributed by atoms with Crippen LogP contribution in [0, 0.1) is 0 Å². The summed E-state index contributed by atoms with van der Waals surface area (Å²) in [5.74, 6) is 0. The van der Waals surface area contributed by atoms with Gasteiger partial charge < -0.3 is 10.2 Å². The van der Waals surface area contributed by atoms with Crippen LogP contribution in [0.15, 0.2) is 66.1 Å². The van der Waals surface area contributed by atoms with Crippen LogP contribution in [0.1, 0.15) is 11.1 Å². The van der Waals surface area contributed by atoms with Gasteiger partial charge >= 0.3 is 0 Å². The lowest BCUT2D eigenvalue weighted by Gasteiger charge is -2.32. The quantitative estimate of drug-likeness (QED) is 0.391. The number of likely N-dealkylation sites (N-methyl/N-ethyl adjacent to an activating group) is 1. The maximum atomic E-state index is 9.06. The van der Waals surface area contributed by atoms with Crippen molar-refractivity contribution < 1.29 is 4.79 Å². The molecular weight excluding hydrogens is 392 g/mol. The molecule has 0 bridgehead atoms. The Kier molecular flexibility index (Phi) is 10.7. The predicted octanol–water partition coefficient (Wildman–Crippen LogP) is 3.99. The first-order valence-electron chi connectivity index (χ1n) is 10.3. The highest BCUT2D eigenvalue weighted by Crippen LogP contribution is 2.24. The molecule has 30 heavy (non-hydrogen) atoms. The van der Waals surface area contributed by atoms with Gasteiger partial charge in [0.2, 0.25) is 0 Å². The van der Waals surface area contributed by atoms with E-state index in [9.17, 15) is 0 Å². The van der Waals surface area contributed by atoms with Crippen LogP contribution in [-0.2, 0) is 17.9 Å². The average Bonchev–Trinajstić information content (AvgIpc) is 2.77. The van der Waals surface area contributed by atoms with Crippen molar-refractivity contribution in [2.45, 2.75) is 18.0 Å². The van der Waals surface area contributed by atoms with Gasteiger partial charge in [0.25, 0.3) is 0 Å². The molecule has 1 heterocycles. The largest absolute Gasteiger partial charge is 0.388 e. The van der Waals surface area contributed by atoms with Gasteiger partial charge in [-0.1, -0.05) is 30.8 Å². The summed E-state index contributed by atoms with van der Waals surface area (Å²) < 4.78 is 2.28. The van der Waals surface area contributed by atoms with E-state index in [2.05, 4.69) is 88.6 Å². The third kappa shape index (κ3) is 8.71. The van der Waals surface area contributed by atoms with Crippen LogP contribution in [-0.4, -0.2) is 67.7 Å². The first-order chi connectivity index (χ1) is 14.5. The van der Waals surface area contributed by atoms with Crippen molar-refractivity contribution in [2.75, 3.05) is 52.6 Å². The lowest BCUT2D eigenvalue weighted by atomic mass is 10.1. The Bertz CT molecular complexity index is 750. The monoisotopic (exact) mass is 426 g/mol. The van der Waals surface area contributed by atoms with E-state index < -0.39 is 0 Å². The molecule has 1 saturated heterocycles. The first kappa shape index (κ1) is 24.2. The summed E-state index contributed by atoms with van der Waals surface area (Å²) in [6.07, 6.45) is 1.83. The molecule has 0 aliphatic carbocycles. The number of nitrogens with one attached hydrogen (secondary N) is 1. The average molecular weight is 427 g/mol. The Morgan fingerprint density at radius 2 is 1.60 bits per heavy atom. The van der Waals surface area contributed by atoms with Crippen LogP contribution in [0.4, 0.5) is 5.69 Å². The van der Waals surface area contributed by atoms with Crippen molar-refractivity contribution in [3.63, 3.8) is 0 Å². The highest BCUT2D eigenvalue weighted by Gasteiger charge is 2.13. The molecule has 1 aliphatic heterocycles. The Morgan fingerprint density at radius 1 is 1.03 bits per heavy atom. The Labute approximate surface area is 185 Å². The van der Waals surface area contributed by atoms with Crippen molar-refractivity contribution in [1.82, 2.24) is 14.1 Å². The highest BCUT2D eigenvalue weighted by molar-refractivity contribution is 7.97. The number of rotatable bonds is 8. The SMILES string of the molecule is C=CC=O.CNc1ccc(SN(C)Cc2ccc(CN3CCN(C)CC3)cc2)cc1. The second-order valence-electron chi connectivity index (χ2n) is 7.42. The zero-order valence-corrected chi connectivity index (χ0v) is 19.2. The predicted molar refractivity (Wildman–Crippen MR) is 129 cm³/mol. The molecule has 0 unspecified atom stereocenters.